The van der Waals surface area contributed by atoms with Crippen LogP contribution < -0.4 is 19.5 Å². The van der Waals surface area contributed by atoms with E-state index in [0.717, 1.165) is 11.1 Å². The van der Waals surface area contributed by atoms with Crippen molar-refractivity contribution >= 4 is 27.3 Å². The quantitative estimate of drug-likeness (QED) is 0.339. The van der Waals surface area contributed by atoms with Gasteiger partial charge in [-0.05, 0) is 48.0 Å². The number of methoxy groups -OCH3 is 1. The van der Waals surface area contributed by atoms with Crippen molar-refractivity contribution in [1.82, 2.24) is 0 Å². The van der Waals surface area contributed by atoms with Crippen molar-refractivity contribution in [3.63, 3.8) is 0 Å². The first kappa shape index (κ1) is 23.8. The summed E-state index contributed by atoms with van der Waals surface area (Å²) < 4.78 is 38.9. The van der Waals surface area contributed by atoms with E-state index in [-0.39, 0.29) is 17.4 Å². The normalized spacial score (nSPS) is 10.9. The van der Waals surface area contributed by atoms with Crippen molar-refractivity contribution in [3.05, 3.63) is 103 Å². The summed E-state index contributed by atoms with van der Waals surface area (Å²) in [6, 6.07) is 29.9. The summed E-state index contributed by atoms with van der Waals surface area (Å²) in [7, 11) is -2.37. The van der Waals surface area contributed by atoms with Gasteiger partial charge in [-0.1, -0.05) is 60.7 Å². The number of para-hydroxylation sites is 3. The van der Waals surface area contributed by atoms with Crippen LogP contribution in [-0.4, -0.2) is 28.0 Å². The van der Waals surface area contributed by atoms with Gasteiger partial charge in [0.25, 0.3) is 15.9 Å². The van der Waals surface area contributed by atoms with Gasteiger partial charge in [-0.3, -0.25) is 9.52 Å². The molecule has 2 N–H and O–H groups in total. The number of hydrogen-bond acceptors (Lipinski definition) is 5. The Balaban J connectivity index is 1.38. The summed E-state index contributed by atoms with van der Waals surface area (Å²) in [6.07, 6.45) is 0. The maximum atomic E-state index is 12.7. The molecule has 35 heavy (non-hydrogen) atoms. The number of carbonyl (C=O) groups is 1. The average molecular weight is 489 g/mol. The van der Waals surface area contributed by atoms with E-state index in [9.17, 15) is 13.2 Å². The second-order valence-corrected chi connectivity index (χ2v) is 9.21. The number of benzene rings is 4. The molecule has 178 valence electrons. The van der Waals surface area contributed by atoms with Crippen LogP contribution in [0.15, 0.2) is 108 Å². The molecule has 0 saturated heterocycles. The fourth-order valence-electron chi connectivity index (χ4n) is 3.44. The molecule has 0 spiro atoms. The van der Waals surface area contributed by atoms with Gasteiger partial charge in [-0.15, -0.1) is 0 Å². The van der Waals surface area contributed by atoms with Crippen LogP contribution in [0.2, 0.25) is 0 Å². The molecule has 0 aliphatic carbocycles. The molecule has 0 aliphatic heterocycles. The Kier molecular flexibility index (Phi) is 7.32. The van der Waals surface area contributed by atoms with E-state index >= 15 is 0 Å². The van der Waals surface area contributed by atoms with Gasteiger partial charge in [0.15, 0.2) is 6.61 Å². The zero-order valence-electron chi connectivity index (χ0n) is 19.0. The minimum atomic E-state index is -3.84. The van der Waals surface area contributed by atoms with E-state index in [0.29, 0.717) is 22.9 Å². The third-order valence-electron chi connectivity index (χ3n) is 5.13. The summed E-state index contributed by atoms with van der Waals surface area (Å²) in [5.74, 6) is 0.641. The number of ether oxygens (including phenoxy) is 2. The SMILES string of the molecule is COc1ccccc1NS(=O)(=O)c1ccc(NC(=O)COc2ccccc2-c2ccccc2)cc1. The summed E-state index contributed by atoms with van der Waals surface area (Å²) in [5.41, 5.74) is 2.66. The molecule has 0 aromatic heterocycles. The highest BCUT2D eigenvalue weighted by atomic mass is 32.2. The van der Waals surface area contributed by atoms with Gasteiger partial charge >= 0.3 is 0 Å². The Morgan fingerprint density at radius 2 is 1.40 bits per heavy atom. The predicted octanol–water partition coefficient (Wildman–Crippen LogP) is 5.18. The second-order valence-electron chi connectivity index (χ2n) is 7.53. The molecule has 8 heteroatoms. The number of rotatable bonds is 9. The number of hydrogen-bond donors (Lipinski definition) is 2. The zero-order chi connectivity index (χ0) is 24.7. The molecule has 7 nitrogen and oxygen atoms in total. The second kappa shape index (κ2) is 10.8. The summed E-state index contributed by atoms with van der Waals surface area (Å²) in [4.78, 5) is 12.5. The van der Waals surface area contributed by atoms with Crippen LogP contribution >= 0.6 is 0 Å². The van der Waals surface area contributed by atoms with Crippen LogP contribution in [0.5, 0.6) is 11.5 Å². The Bertz CT molecular complexity index is 1410. The Morgan fingerprint density at radius 1 is 0.771 bits per heavy atom. The lowest BCUT2D eigenvalue weighted by Crippen LogP contribution is -2.20. The van der Waals surface area contributed by atoms with Crippen LogP contribution in [0, 0.1) is 0 Å². The average Bonchev–Trinajstić information content (AvgIpc) is 2.88. The van der Waals surface area contributed by atoms with Crippen molar-refractivity contribution in [2.24, 2.45) is 0 Å². The van der Waals surface area contributed by atoms with Crippen molar-refractivity contribution in [1.29, 1.82) is 0 Å². The maximum absolute atomic E-state index is 12.7. The first-order valence-electron chi connectivity index (χ1n) is 10.8. The van der Waals surface area contributed by atoms with Gasteiger partial charge in [0.05, 0.1) is 17.7 Å². The van der Waals surface area contributed by atoms with Gasteiger partial charge in [0, 0.05) is 11.3 Å². The van der Waals surface area contributed by atoms with Crippen LogP contribution in [-0.2, 0) is 14.8 Å². The van der Waals surface area contributed by atoms with Gasteiger partial charge in [0.1, 0.15) is 11.5 Å². The lowest BCUT2D eigenvalue weighted by molar-refractivity contribution is -0.118. The number of anilines is 2. The fraction of sp³-hybridized carbons (Fsp3) is 0.0741. The molecule has 0 heterocycles. The molecule has 0 radical (unpaired) electrons. The van der Waals surface area contributed by atoms with Crippen LogP contribution in [0.1, 0.15) is 0 Å². The van der Waals surface area contributed by atoms with Crippen LogP contribution in [0.3, 0.4) is 0 Å². The van der Waals surface area contributed by atoms with Crippen molar-refractivity contribution in [2.75, 3.05) is 23.8 Å². The molecule has 0 saturated carbocycles. The van der Waals surface area contributed by atoms with Crippen LogP contribution in [0.4, 0.5) is 11.4 Å². The third-order valence-corrected chi connectivity index (χ3v) is 6.51. The highest BCUT2D eigenvalue weighted by Crippen LogP contribution is 2.30. The molecule has 0 aliphatic rings. The Morgan fingerprint density at radius 3 is 2.11 bits per heavy atom. The molecule has 0 bridgehead atoms. The summed E-state index contributed by atoms with van der Waals surface area (Å²) in [5, 5.41) is 2.72. The summed E-state index contributed by atoms with van der Waals surface area (Å²) >= 11 is 0. The van der Waals surface area contributed by atoms with E-state index in [4.69, 9.17) is 9.47 Å². The predicted molar refractivity (Wildman–Crippen MR) is 136 cm³/mol. The fourth-order valence-corrected chi connectivity index (χ4v) is 4.51. The minimum absolute atomic E-state index is 0.0504. The highest BCUT2D eigenvalue weighted by Gasteiger charge is 2.16. The molecule has 4 aromatic carbocycles. The number of nitrogens with one attached hydrogen (secondary N) is 2. The molecule has 4 rings (SSSR count). The monoisotopic (exact) mass is 488 g/mol. The molecule has 4 aromatic rings. The summed E-state index contributed by atoms with van der Waals surface area (Å²) in [6.45, 7) is -0.195. The molecule has 0 atom stereocenters. The lowest BCUT2D eigenvalue weighted by Gasteiger charge is -2.13. The Hall–Kier alpha value is -4.30. The smallest absolute Gasteiger partial charge is 0.262 e. The first-order valence-corrected chi connectivity index (χ1v) is 12.3. The first-order chi connectivity index (χ1) is 17.0. The number of carbonyl (C=O) groups excluding carboxylic acids is 1. The number of sulfonamides is 1. The van der Waals surface area contributed by atoms with Crippen molar-refractivity contribution < 1.29 is 22.7 Å². The molecule has 0 fully saturated rings. The van der Waals surface area contributed by atoms with Crippen molar-refractivity contribution in [2.45, 2.75) is 4.90 Å². The molecule has 1 amide bonds. The van der Waals surface area contributed by atoms with Gasteiger partial charge in [-0.2, -0.15) is 0 Å². The zero-order valence-corrected chi connectivity index (χ0v) is 19.8. The van der Waals surface area contributed by atoms with Gasteiger partial charge in [-0.25, -0.2) is 8.42 Å². The van der Waals surface area contributed by atoms with E-state index in [1.807, 2.05) is 54.6 Å². The van der Waals surface area contributed by atoms with Crippen LogP contribution in [0.25, 0.3) is 11.1 Å². The van der Waals surface area contributed by atoms with E-state index in [1.165, 1.54) is 31.4 Å². The van der Waals surface area contributed by atoms with Gasteiger partial charge in [0.2, 0.25) is 0 Å². The maximum Gasteiger partial charge on any atom is 0.262 e. The minimum Gasteiger partial charge on any atom is -0.495 e. The van der Waals surface area contributed by atoms with E-state index in [2.05, 4.69) is 10.0 Å². The number of amides is 1. The molecule has 0 unspecified atom stereocenters. The standard InChI is InChI=1S/C27H24N2O5S/c1-33-26-14-8-6-12-24(26)29-35(31,32)22-17-15-21(16-18-22)28-27(30)19-34-25-13-7-5-11-23(25)20-9-3-2-4-10-20/h2-18,29H,19H2,1H3,(H,28,30). The topological polar surface area (TPSA) is 93.7 Å². The van der Waals surface area contributed by atoms with Gasteiger partial charge < -0.3 is 14.8 Å². The largest absolute Gasteiger partial charge is 0.495 e. The Labute approximate surface area is 204 Å². The van der Waals surface area contributed by atoms with Crippen molar-refractivity contribution in [3.8, 4) is 22.6 Å². The lowest BCUT2D eigenvalue weighted by atomic mass is 10.1. The van der Waals surface area contributed by atoms with E-state index < -0.39 is 10.0 Å². The third kappa shape index (κ3) is 5.99. The molecular formula is C27H24N2O5S. The van der Waals surface area contributed by atoms with E-state index in [1.54, 1.807) is 24.3 Å². The molecular weight excluding hydrogens is 464 g/mol. The highest BCUT2D eigenvalue weighted by molar-refractivity contribution is 7.92.